The topological polar surface area (TPSA) is 76.0 Å². The lowest BCUT2D eigenvalue weighted by molar-refractivity contribution is -0.114. The number of rotatable bonds is 5. The molecule has 0 radical (unpaired) electrons. The molecule has 1 aromatic heterocycles. The van der Waals surface area contributed by atoms with Crippen molar-refractivity contribution in [2.45, 2.75) is 0 Å². The van der Waals surface area contributed by atoms with Crippen molar-refractivity contribution in [1.29, 1.82) is 0 Å². The number of halogens is 6. The summed E-state index contributed by atoms with van der Waals surface area (Å²) < 4.78 is 16.5. The van der Waals surface area contributed by atoms with E-state index >= 15 is 0 Å². The largest absolute Gasteiger partial charge is 0.355 e. The van der Waals surface area contributed by atoms with E-state index in [2.05, 4.69) is 31.7 Å². The molecule has 166 valence electrons. The van der Waals surface area contributed by atoms with Crippen LogP contribution in [0.3, 0.4) is 0 Å². The molecule has 0 saturated carbocycles. The maximum atomic E-state index is 14.8. The molecule has 12 heteroatoms. The number of aromatic nitrogens is 2. The van der Waals surface area contributed by atoms with Crippen molar-refractivity contribution in [1.82, 2.24) is 15.1 Å². The molecule has 0 spiro atoms. The fraction of sp³-hybridized carbons (Fsp3) is 0.0500. The van der Waals surface area contributed by atoms with Crippen LogP contribution < -0.4 is 10.6 Å². The standard InChI is InChI=1S/C20H12BrCl4FN4O2/c1-27-19(31)12-4-10(23)6-14(25)18(12)28-20(32)15(26)7-11-8-17(21)29-30(11)16-3-2-9(22)5-13(16)24/h2-8H,1H3,(H,27,31)(H,28,32). The van der Waals surface area contributed by atoms with Crippen molar-refractivity contribution in [2.75, 3.05) is 12.4 Å². The lowest BCUT2D eigenvalue weighted by atomic mass is 10.1. The normalized spacial score (nSPS) is 11.4. The number of carbonyl (C=O) groups excluding carboxylic acids is 2. The third kappa shape index (κ3) is 5.44. The lowest BCUT2D eigenvalue weighted by Gasteiger charge is -2.12. The third-order valence-corrected chi connectivity index (χ3v) is 5.54. The predicted octanol–water partition coefficient (Wildman–Crippen LogP) is 6.56. The summed E-state index contributed by atoms with van der Waals surface area (Å²) in [6, 6.07) is 8.82. The van der Waals surface area contributed by atoms with Gasteiger partial charge in [0.05, 0.1) is 32.7 Å². The Balaban J connectivity index is 1.97. The molecule has 0 aliphatic carbocycles. The second-order valence-corrected chi connectivity index (χ2v) is 8.73. The van der Waals surface area contributed by atoms with Gasteiger partial charge in [-0.2, -0.15) is 5.10 Å². The Bertz CT molecular complexity index is 1260. The van der Waals surface area contributed by atoms with Crippen molar-refractivity contribution < 1.29 is 14.0 Å². The molecule has 0 saturated heterocycles. The summed E-state index contributed by atoms with van der Waals surface area (Å²) >= 11 is 27.4. The van der Waals surface area contributed by atoms with Gasteiger partial charge < -0.3 is 10.6 Å². The zero-order chi connectivity index (χ0) is 23.6. The van der Waals surface area contributed by atoms with Gasteiger partial charge in [-0.05, 0) is 52.3 Å². The Kier molecular flexibility index (Phi) is 7.84. The molecule has 0 unspecified atom stereocenters. The van der Waals surface area contributed by atoms with Crippen LogP contribution in [0, 0.1) is 0 Å². The Hall–Kier alpha value is -2.10. The molecule has 0 aliphatic heterocycles. The molecule has 1 heterocycles. The van der Waals surface area contributed by atoms with Crippen LogP contribution in [-0.4, -0.2) is 28.6 Å². The highest BCUT2D eigenvalue weighted by Crippen LogP contribution is 2.31. The van der Waals surface area contributed by atoms with E-state index in [9.17, 15) is 14.0 Å². The maximum absolute atomic E-state index is 14.8. The molecule has 3 aromatic rings. The van der Waals surface area contributed by atoms with Gasteiger partial charge in [-0.1, -0.05) is 46.4 Å². The first kappa shape index (κ1) is 24.5. The van der Waals surface area contributed by atoms with Crippen molar-refractivity contribution in [3.63, 3.8) is 0 Å². The molecule has 0 aliphatic rings. The molecule has 0 atom stereocenters. The van der Waals surface area contributed by atoms with Gasteiger partial charge in [0, 0.05) is 23.2 Å². The Morgan fingerprint density at radius 1 is 1.06 bits per heavy atom. The van der Waals surface area contributed by atoms with Crippen LogP contribution in [0.5, 0.6) is 0 Å². The summed E-state index contributed by atoms with van der Waals surface area (Å²) in [5.74, 6) is -2.86. The van der Waals surface area contributed by atoms with Crippen molar-refractivity contribution in [3.05, 3.63) is 78.2 Å². The Morgan fingerprint density at radius 3 is 2.41 bits per heavy atom. The Morgan fingerprint density at radius 2 is 1.75 bits per heavy atom. The van der Waals surface area contributed by atoms with E-state index in [0.29, 0.717) is 15.3 Å². The molecule has 6 nitrogen and oxygen atoms in total. The number of nitrogens with one attached hydrogen (secondary N) is 2. The minimum Gasteiger partial charge on any atom is -0.355 e. The van der Waals surface area contributed by atoms with Gasteiger partial charge in [0.1, 0.15) is 4.60 Å². The highest BCUT2D eigenvalue weighted by atomic mass is 79.9. The average molecular weight is 581 g/mol. The summed E-state index contributed by atoms with van der Waals surface area (Å²) in [5.41, 5.74) is 0.526. The summed E-state index contributed by atoms with van der Waals surface area (Å²) in [5, 5.41) is 9.76. The zero-order valence-corrected chi connectivity index (χ0v) is 20.6. The Labute approximate surface area is 210 Å². The van der Waals surface area contributed by atoms with E-state index in [0.717, 1.165) is 6.08 Å². The number of hydrogen-bond acceptors (Lipinski definition) is 3. The summed E-state index contributed by atoms with van der Waals surface area (Å²) in [6.45, 7) is 0. The molecular weight excluding hydrogens is 569 g/mol. The van der Waals surface area contributed by atoms with Gasteiger partial charge >= 0.3 is 0 Å². The van der Waals surface area contributed by atoms with Gasteiger partial charge in [0.25, 0.3) is 11.8 Å². The third-order valence-electron chi connectivity index (χ3n) is 4.10. The fourth-order valence-corrected chi connectivity index (χ4v) is 4.12. The molecule has 0 bridgehead atoms. The van der Waals surface area contributed by atoms with Crippen LogP contribution in [0.25, 0.3) is 11.8 Å². The molecule has 2 aromatic carbocycles. The van der Waals surface area contributed by atoms with Crippen LogP contribution in [0.2, 0.25) is 20.1 Å². The van der Waals surface area contributed by atoms with Crippen molar-refractivity contribution >= 4 is 85.9 Å². The molecule has 2 amide bonds. The predicted molar refractivity (Wildman–Crippen MR) is 129 cm³/mol. The first-order valence-corrected chi connectivity index (χ1v) is 11.0. The lowest BCUT2D eigenvalue weighted by Crippen LogP contribution is -2.22. The second kappa shape index (κ2) is 10.2. The number of carbonyl (C=O) groups is 2. The van der Waals surface area contributed by atoms with Crippen LogP contribution in [0.4, 0.5) is 10.1 Å². The van der Waals surface area contributed by atoms with Gasteiger partial charge in [-0.25, -0.2) is 9.07 Å². The van der Waals surface area contributed by atoms with E-state index in [-0.39, 0.29) is 32.0 Å². The van der Waals surface area contributed by atoms with Crippen molar-refractivity contribution in [3.8, 4) is 5.69 Å². The summed E-state index contributed by atoms with van der Waals surface area (Å²) in [6.07, 6.45) is 0.960. The minimum absolute atomic E-state index is 0.0214. The quantitative estimate of drug-likeness (QED) is 0.336. The van der Waals surface area contributed by atoms with Gasteiger partial charge in [0.15, 0.2) is 5.83 Å². The number of hydrogen-bond donors (Lipinski definition) is 2. The first-order valence-electron chi connectivity index (χ1n) is 8.71. The maximum Gasteiger partial charge on any atom is 0.284 e. The van der Waals surface area contributed by atoms with Gasteiger partial charge in [0.2, 0.25) is 0 Å². The zero-order valence-electron chi connectivity index (χ0n) is 16.0. The number of amides is 2. The minimum atomic E-state index is -1.17. The molecule has 2 N–H and O–H groups in total. The van der Waals surface area contributed by atoms with Crippen molar-refractivity contribution in [2.24, 2.45) is 0 Å². The summed E-state index contributed by atoms with van der Waals surface area (Å²) in [7, 11) is 1.39. The molecular formula is C20H12BrCl4FN4O2. The van der Waals surface area contributed by atoms with E-state index in [4.69, 9.17) is 46.4 Å². The van der Waals surface area contributed by atoms with Gasteiger partial charge in [-0.3, -0.25) is 9.59 Å². The van der Waals surface area contributed by atoms with Crippen LogP contribution in [0.15, 0.2) is 46.8 Å². The van der Waals surface area contributed by atoms with E-state index in [1.54, 1.807) is 12.1 Å². The fourth-order valence-electron chi connectivity index (χ4n) is 2.70. The van der Waals surface area contributed by atoms with Gasteiger partial charge in [-0.15, -0.1) is 0 Å². The van der Waals surface area contributed by atoms with E-state index in [1.807, 2.05) is 0 Å². The van der Waals surface area contributed by atoms with Crippen LogP contribution in [0.1, 0.15) is 16.1 Å². The number of anilines is 1. The average Bonchev–Trinajstić information content (AvgIpc) is 3.08. The SMILES string of the molecule is CNC(=O)c1cc(Cl)cc(Cl)c1NC(=O)C(F)=Cc1cc(Br)nn1-c1ccc(Cl)cc1Cl. The van der Waals surface area contributed by atoms with Crippen LogP contribution >= 0.6 is 62.3 Å². The molecule has 0 fully saturated rings. The van der Waals surface area contributed by atoms with E-state index < -0.39 is 17.6 Å². The van der Waals surface area contributed by atoms with Crippen LogP contribution in [-0.2, 0) is 4.79 Å². The molecule has 32 heavy (non-hydrogen) atoms. The second-order valence-electron chi connectivity index (χ2n) is 6.24. The summed E-state index contributed by atoms with van der Waals surface area (Å²) in [4.78, 5) is 24.6. The van der Waals surface area contributed by atoms with E-state index in [1.165, 1.54) is 36.0 Å². The number of benzene rings is 2. The number of nitrogens with zero attached hydrogens (tertiary/aromatic N) is 2. The highest BCUT2D eigenvalue weighted by molar-refractivity contribution is 9.10. The smallest absolute Gasteiger partial charge is 0.284 e. The molecule has 3 rings (SSSR count). The monoisotopic (exact) mass is 578 g/mol. The first-order chi connectivity index (χ1) is 15.1. The highest BCUT2D eigenvalue weighted by Gasteiger charge is 2.20.